The van der Waals surface area contributed by atoms with Gasteiger partial charge in [-0.25, -0.2) is 8.78 Å². The average molecular weight is 453 g/mol. The third-order valence-electron chi connectivity index (χ3n) is 3.89. The maximum Gasteiger partial charge on any atom is 0.193 e. The standard InChI is InChI=1S/C17H25F2N3O.HI/c1-20-17(22(2)9-10-23-12-13-3-4-13)21-8-7-14-5-6-15(18)11-16(14)19;/h5-6,11,13H,3-4,7-10,12H2,1-2H3,(H,20,21);1H. The van der Waals surface area contributed by atoms with E-state index in [9.17, 15) is 8.78 Å². The number of nitrogens with one attached hydrogen (secondary N) is 1. The van der Waals surface area contributed by atoms with E-state index < -0.39 is 11.6 Å². The Morgan fingerprint density at radius 1 is 1.38 bits per heavy atom. The van der Waals surface area contributed by atoms with Gasteiger partial charge in [0.15, 0.2) is 5.96 Å². The number of hydrogen-bond acceptors (Lipinski definition) is 2. The summed E-state index contributed by atoms with van der Waals surface area (Å²) >= 11 is 0. The van der Waals surface area contributed by atoms with Crippen LogP contribution in [-0.2, 0) is 11.2 Å². The fourth-order valence-corrected chi connectivity index (χ4v) is 2.26. The van der Waals surface area contributed by atoms with Gasteiger partial charge < -0.3 is 15.0 Å². The Kier molecular flexibility index (Phi) is 9.50. The second-order valence-electron chi connectivity index (χ2n) is 5.90. The van der Waals surface area contributed by atoms with Gasteiger partial charge in [-0.15, -0.1) is 24.0 Å². The van der Waals surface area contributed by atoms with E-state index in [0.29, 0.717) is 25.1 Å². The lowest BCUT2D eigenvalue weighted by molar-refractivity contribution is 0.115. The quantitative estimate of drug-likeness (QED) is 0.285. The van der Waals surface area contributed by atoms with Crippen LogP contribution in [0, 0.1) is 17.6 Å². The van der Waals surface area contributed by atoms with Crippen LogP contribution in [0.15, 0.2) is 23.2 Å². The molecule has 1 saturated carbocycles. The Labute approximate surface area is 159 Å². The maximum absolute atomic E-state index is 13.6. The lowest BCUT2D eigenvalue weighted by Gasteiger charge is -2.22. The number of halogens is 3. The second kappa shape index (κ2) is 10.8. The fourth-order valence-electron chi connectivity index (χ4n) is 2.26. The molecule has 136 valence electrons. The number of guanidine groups is 1. The van der Waals surface area contributed by atoms with Crippen LogP contribution in [0.25, 0.3) is 0 Å². The van der Waals surface area contributed by atoms with Gasteiger partial charge in [-0.3, -0.25) is 4.99 Å². The third kappa shape index (κ3) is 7.29. The first kappa shape index (κ1) is 21.1. The van der Waals surface area contributed by atoms with Crippen LogP contribution in [0.1, 0.15) is 18.4 Å². The predicted octanol–water partition coefficient (Wildman–Crippen LogP) is 3.06. The van der Waals surface area contributed by atoms with Crippen LogP contribution in [0.3, 0.4) is 0 Å². The van der Waals surface area contributed by atoms with E-state index in [-0.39, 0.29) is 24.0 Å². The Balaban J connectivity index is 0.00000288. The second-order valence-corrected chi connectivity index (χ2v) is 5.90. The van der Waals surface area contributed by atoms with E-state index in [2.05, 4.69) is 10.3 Å². The first-order chi connectivity index (χ1) is 11.1. The number of aliphatic imine (C=N–C) groups is 1. The third-order valence-corrected chi connectivity index (χ3v) is 3.89. The lowest BCUT2D eigenvalue weighted by Crippen LogP contribution is -2.41. The summed E-state index contributed by atoms with van der Waals surface area (Å²) in [7, 11) is 3.65. The van der Waals surface area contributed by atoms with Crippen molar-refractivity contribution in [1.82, 2.24) is 10.2 Å². The minimum atomic E-state index is -0.555. The zero-order chi connectivity index (χ0) is 16.7. The molecule has 1 aromatic carbocycles. The minimum Gasteiger partial charge on any atom is -0.379 e. The Morgan fingerprint density at radius 3 is 2.75 bits per heavy atom. The van der Waals surface area contributed by atoms with Crippen LogP contribution in [0.2, 0.25) is 0 Å². The van der Waals surface area contributed by atoms with Crippen molar-refractivity contribution in [2.24, 2.45) is 10.9 Å². The molecule has 0 bridgehead atoms. The minimum absolute atomic E-state index is 0. The van der Waals surface area contributed by atoms with Crippen LogP contribution in [0.5, 0.6) is 0 Å². The summed E-state index contributed by atoms with van der Waals surface area (Å²) in [6, 6.07) is 3.66. The fraction of sp³-hybridized carbons (Fsp3) is 0.588. The first-order valence-corrected chi connectivity index (χ1v) is 8.03. The lowest BCUT2D eigenvalue weighted by atomic mass is 10.1. The Bertz CT molecular complexity index is 539. The van der Waals surface area contributed by atoms with Gasteiger partial charge in [0, 0.05) is 39.9 Å². The highest BCUT2D eigenvalue weighted by atomic mass is 127. The summed E-state index contributed by atoms with van der Waals surface area (Å²) in [5.74, 6) is 0.440. The zero-order valence-electron chi connectivity index (χ0n) is 14.2. The zero-order valence-corrected chi connectivity index (χ0v) is 16.6. The molecule has 7 heteroatoms. The highest BCUT2D eigenvalue weighted by molar-refractivity contribution is 14.0. The van der Waals surface area contributed by atoms with Crippen molar-refractivity contribution in [3.05, 3.63) is 35.4 Å². The number of nitrogens with zero attached hydrogens (tertiary/aromatic N) is 2. The molecule has 2 rings (SSSR count). The number of benzene rings is 1. The summed E-state index contributed by atoms with van der Waals surface area (Å²) < 4.78 is 32.0. The molecule has 0 heterocycles. The summed E-state index contributed by atoms with van der Waals surface area (Å²) in [5, 5.41) is 3.18. The Hall–Kier alpha value is -0.960. The summed E-state index contributed by atoms with van der Waals surface area (Å²) in [5.41, 5.74) is 0.491. The monoisotopic (exact) mass is 453 g/mol. The van der Waals surface area contributed by atoms with E-state index in [0.717, 1.165) is 31.1 Å². The van der Waals surface area contributed by atoms with Gasteiger partial charge in [-0.05, 0) is 36.8 Å². The smallest absolute Gasteiger partial charge is 0.193 e. The van der Waals surface area contributed by atoms with E-state index in [1.54, 1.807) is 7.05 Å². The predicted molar refractivity (Wildman–Crippen MR) is 103 cm³/mol. The molecular weight excluding hydrogens is 427 g/mol. The molecule has 0 radical (unpaired) electrons. The van der Waals surface area contributed by atoms with Crippen molar-refractivity contribution in [2.45, 2.75) is 19.3 Å². The van der Waals surface area contributed by atoms with E-state index in [1.807, 2.05) is 11.9 Å². The molecule has 0 spiro atoms. The molecule has 1 N–H and O–H groups in total. The van der Waals surface area contributed by atoms with Crippen LogP contribution < -0.4 is 5.32 Å². The van der Waals surface area contributed by atoms with E-state index in [4.69, 9.17) is 4.74 Å². The molecule has 0 unspecified atom stereocenters. The molecule has 0 aliphatic heterocycles. The van der Waals surface area contributed by atoms with Gasteiger partial charge >= 0.3 is 0 Å². The van der Waals surface area contributed by atoms with Gasteiger partial charge in [0.25, 0.3) is 0 Å². The molecule has 0 saturated heterocycles. The van der Waals surface area contributed by atoms with Crippen LogP contribution >= 0.6 is 24.0 Å². The molecule has 4 nitrogen and oxygen atoms in total. The van der Waals surface area contributed by atoms with Crippen molar-refractivity contribution >= 4 is 29.9 Å². The van der Waals surface area contributed by atoms with Crippen molar-refractivity contribution < 1.29 is 13.5 Å². The molecule has 1 aromatic rings. The molecule has 1 aliphatic carbocycles. The number of ether oxygens (including phenoxy) is 1. The molecule has 1 fully saturated rings. The van der Waals surface area contributed by atoms with Crippen LogP contribution in [0.4, 0.5) is 8.78 Å². The number of hydrogen-bond donors (Lipinski definition) is 1. The normalized spacial score (nSPS) is 14.2. The van der Waals surface area contributed by atoms with E-state index in [1.165, 1.54) is 25.0 Å². The summed E-state index contributed by atoms with van der Waals surface area (Å²) in [4.78, 5) is 6.18. The average Bonchev–Trinajstić information content (AvgIpc) is 3.34. The van der Waals surface area contributed by atoms with Gasteiger partial charge in [0.1, 0.15) is 11.6 Å². The van der Waals surface area contributed by atoms with Gasteiger partial charge in [-0.1, -0.05) is 6.07 Å². The van der Waals surface area contributed by atoms with Gasteiger partial charge in [-0.2, -0.15) is 0 Å². The van der Waals surface area contributed by atoms with Crippen molar-refractivity contribution in [3.8, 4) is 0 Å². The van der Waals surface area contributed by atoms with E-state index >= 15 is 0 Å². The SMILES string of the molecule is CN=C(NCCc1ccc(F)cc1F)N(C)CCOCC1CC1.I. The molecule has 0 aromatic heterocycles. The summed E-state index contributed by atoms with van der Waals surface area (Å²) in [6.45, 7) is 2.80. The highest BCUT2D eigenvalue weighted by Gasteiger charge is 2.21. The van der Waals surface area contributed by atoms with Crippen molar-refractivity contribution in [3.63, 3.8) is 0 Å². The van der Waals surface area contributed by atoms with Crippen molar-refractivity contribution in [1.29, 1.82) is 0 Å². The maximum atomic E-state index is 13.6. The van der Waals surface area contributed by atoms with Crippen LogP contribution in [-0.4, -0.2) is 51.3 Å². The first-order valence-electron chi connectivity index (χ1n) is 8.03. The molecular formula is C17H26F2IN3O. The molecule has 1 aliphatic rings. The van der Waals surface area contributed by atoms with Gasteiger partial charge in [0.2, 0.25) is 0 Å². The molecule has 24 heavy (non-hydrogen) atoms. The molecule has 0 amide bonds. The Morgan fingerprint density at radius 2 is 2.12 bits per heavy atom. The highest BCUT2D eigenvalue weighted by Crippen LogP contribution is 2.28. The summed E-state index contributed by atoms with van der Waals surface area (Å²) in [6.07, 6.45) is 3.05. The number of likely N-dealkylation sites (N-methyl/N-ethyl adjacent to an activating group) is 1. The van der Waals surface area contributed by atoms with Gasteiger partial charge in [0.05, 0.1) is 6.61 Å². The largest absolute Gasteiger partial charge is 0.379 e. The number of rotatable bonds is 8. The van der Waals surface area contributed by atoms with Crippen molar-refractivity contribution in [2.75, 3.05) is 40.4 Å². The topological polar surface area (TPSA) is 36.9 Å². The molecule has 0 atom stereocenters.